The van der Waals surface area contributed by atoms with Crippen molar-refractivity contribution in [2.24, 2.45) is 23.5 Å². The van der Waals surface area contributed by atoms with Crippen LogP contribution in [0.25, 0.3) is 0 Å². The van der Waals surface area contributed by atoms with E-state index in [2.05, 4.69) is 5.32 Å². The van der Waals surface area contributed by atoms with E-state index in [0.717, 1.165) is 32.5 Å². The standard InChI is InChI=1S/C14H24N2O2/c15-13-10-4-3-9(8-10)12(13)14(17)16-11-2-1-6-18-7-5-11/h9-13H,1-8,15H2,(H,16,17). The van der Waals surface area contributed by atoms with Crippen molar-refractivity contribution in [1.29, 1.82) is 0 Å². The van der Waals surface area contributed by atoms with Crippen molar-refractivity contribution >= 4 is 5.91 Å². The molecule has 5 atom stereocenters. The van der Waals surface area contributed by atoms with Crippen LogP contribution in [-0.4, -0.2) is 31.2 Å². The molecule has 5 unspecified atom stereocenters. The third-order valence-corrected chi connectivity index (χ3v) is 5.08. The molecule has 1 amide bonds. The minimum Gasteiger partial charge on any atom is -0.381 e. The van der Waals surface area contributed by atoms with Crippen LogP contribution in [-0.2, 0) is 9.53 Å². The number of nitrogens with two attached hydrogens (primary N) is 1. The minimum absolute atomic E-state index is 0.0768. The molecule has 2 aliphatic carbocycles. The van der Waals surface area contributed by atoms with Crippen molar-refractivity contribution in [1.82, 2.24) is 5.32 Å². The van der Waals surface area contributed by atoms with E-state index in [9.17, 15) is 4.79 Å². The van der Waals surface area contributed by atoms with Gasteiger partial charge in [-0.1, -0.05) is 0 Å². The molecule has 1 saturated heterocycles. The molecule has 0 aromatic rings. The maximum atomic E-state index is 12.4. The SMILES string of the molecule is NC1C2CCC(C2)C1C(=O)NC1CCCOCC1. The van der Waals surface area contributed by atoms with Crippen molar-refractivity contribution in [3.05, 3.63) is 0 Å². The van der Waals surface area contributed by atoms with E-state index in [1.165, 1.54) is 19.3 Å². The Balaban J connectivity index is 1.57. The lowest BCUT2D eigenvalue weighted by molar-refractivity contribution is -0.127. The molecule has 18 heavy (non-hydrogen) atoms. The van der Waals surface area contributed by atoms with Crippen molar-refractivity contribution in [2.75, 3.05) is 13.2 Å². The van der Waals surface area contributed by atoms with Crippen molar-refractivity contribution in [2.45, 2.75) is 50.6 Å². The molecular formula is C14H24N2O2. The van der Waals surface area contributed by atoms with Gasteiger partial charge in [0, 0.05) is 25.3 Å². The predicted molar refractivity (Wildman–Crippen MR) is 68.9 cm³/mol. The second-order valence-electron chi connectivity index (χ2n) is 6.19. The zero-order valence-corrected chi connectivity index (χ0v) is 10.9. The molecule has 1 heterocycles. The van der Waals surface area contributed by atoms with Crippen LogP contribution in [0.1, 0.15) is 38.5 Å². The van der Waals surface area contributed by atoms with Crippen molar-refractivity contribution < 1.29 is 9.53 Å². The van der Waals surface area contributed by atoms with Gasteiger partial charge in [-0.2, -0.15) is 0 Å². The Morgan fingerprint density at radius 1 is 1.11 bits per heavy atom. The highest BCUT2D eigenvalue weighted by Crippen LogP contribution is 2.47. The Morgan fingerprint density at radius 3 is 2.72 bits per heavy atom. The lowest BCUT2D eigenvalue weighted by Gasteiger charge is -2.28. The van der Waals surface area contributed by atoms with Crippen LogP contribution in [0.4, 0.5) is 0 Å². The highest BCUT2D eigenvalue weighted by molar-refractivity contribution is 5.80. The highest BCUT2D eigenvalue weighted by atomic mass is 16.5. The zero-order valence-electron chi connectivity index (χ0n) is 10.9. The average Bonchev–Trinajstić information content (AvgIpc) is 2.83. The van der Waals surface area contributed by atoms with Crippen LogP contribution in [0, 0.1) is 17.8 Å². The number of carbonyl (C=O) groups is 1. The van der Waals surface area contributed by atoms with E-state index in [1.54, 1.807) is 0 Å². The predicted octanol–water partition coefficient (Wildman–Crippen LogP) is 1.05. The van der Waals surface area contributed by atoms with Crippen LogP contribution in [0.3, 0.4) is 0 Å². The monoisotopic (exact) mass is 252 g/mol. The van der Waals surface area contributed by atoms with Gasteiger partial charge in [-0.15, -0.1) is 0 Å². The first-order valence-electron chi connectivity index (χ1n) is 7.39. The number of ether oxygens (including phenoxy) is 1. The lowest BCUT2D eigenvalue weighted by Crippen LogP contribution is -2.48. The molecular weight excluding hydrogens is 228 g/mol. The van der Waals surface area contributed by atoms with Crippen molar-refractivity contribution in [3.8, 4) is 0 Å². The Bertz CT molecular complexity index is 311. The molecule has 3 N–H and O–H groups in total. The summed E-state index contributed by atoms with van der Waals surface area (Å²) in [5.74, 6) is 1.43. The van der Waals surface area contributed by atoms with E-state index >= 15 is 0 Å². The number of fused-ring (bicyclic) bond motifs is 2. The molecule has 0 aromatic heterocycles. The fourth-order valence-electron chi connectivity index (χ4n) is 4.07. The quantitative estimate of drug-likeness (QED) is 0.772. The third kappa shape index (κ3) is 2.28. The van der Waals surface area contributed by atoms with Gasteiger partial charge in [0.1, 0.15) is 0 Å². The first-order chi connectivity index (χ1) is 8.75. The van der Waals surface area contributed by atoms with Crippen molar-refractivity contribution in [3.63, 3.8) is 0 Å². The number of hydrogen-bond donors (Lipinski definition) is 2. The smallest absolute Gasteiger partial charge is 0.225 e. The fourth-order valence-corrected chi connectivity index (χ4v) is 4.07. The average molecular weight is 252 g/mol. The molecule has 0 spiro atoms. The minimum atomic E-state index is 0.0768. The maximum Gasteiger partial charge on any atom is 0.225 e. The van der Waals surface area contributed by atoms with E-state index in [0.29, 0.717) is 17.9 Å². The normalized spacial score (nSPS) is 43.7. The second-order valence-corrected chi connectivity index (χ2v) is 6.19. The van der Waals surface area contributed by atoms with Gasteiger partial charge in [0.15, 0.2) is 0 Å². The summed E-state index contributed by atoms with van der Waals surface area (Å²) in [6, 6.07) is 0.400. The number of hydrogen-bond acceptors (Lipinski definition) is 3. The number of amides is 1. The van der Waals surface area contributed by atoms with Gasteiger partial charge in [0.25, 0.3) is 0 Å². The molecule has 2 saturated carbocycles. The molecule has 4 heteroatoms. The summed E-state index contributed by atoms with van der Waals surface area (Å²) < 4.78 is 5.43. The van der Waals surface area contributed by atoms with Crippen LogP contribution in [0.5, 0.6) is 0 Å². The van der Waals surface area contributed by atoms with Crippen LogP contribution >= 0.6 is 0 Å². The summed E-state index contributed by atoms with van der Waals surface area (Å²) in [4.78, 5) is 12.4. The van der Waals surface area contributed by atoms with Gasteiger partial charge in [0.05, 0.1) is 5.92 Å². The van der Waals surface area contributed by atoms with Gasteiger partial charge in [-0.25, -0.2) is 0 Å². The van der Waals surface area contributed by atoms with Gasteiger partial charge in [-0.3, -0.25) is 4.79 Å². The number of carbonyl (C=O) groups excluding carboxylic acids is 1. The second kappa shape index (κ2) is 5.17. The first kappa shape index (κ1) is 12.4. The summed E-state index contributed by atoms with van der Waals surface area (Å²) in [5.41, 5.74) is 6.22. The summed E-state index contributed by atoms with van der Waals surface area (Å²) in [5, 5.41) is 3.22. The van der Waals surface area contributed by atoms with E-state index in [1.807, 2.05) is 0 Å². The Hall–Kier alpha value is -0.610. The van der Waals surface area contributed by atoms with E-state index in [-0.39, 0.29) is 17.9 Å². The summed E-state index contributed by atoms with van der Waals surface area (Å²) in [6.45, 7) is 1.60. The van der Waals surface area contributed by atoms with Gasteiger partial charge < -0.3 is 15.8 Å². The van der Waals surface area contributed by atoms with Gasteiger partial charge >= 0.3 is 0 Å². The third-order valence-electron chi connectivity index (χ3n) is 5.08. The Labute approximate surface area is 109 Å². The summed E-state index contributed by atoms with van der Waals surface area (Å²) in [7, 11) is 0. The largest absolute Gasteiger partial charge is 0.381 e. The molecule has 3 fully saturated rings. The summed E-state index contributed by atoms with van der Waals surface area (Å²) >= 11 is 0. The Morgan fingerprint density at radius 2 is 1.94 bits per heavy atom. The maximum absolute atomic E-state index is 12.4. The molecule has 1 aliphatic heterocycles. The van der Waals surface area contributed by atoms with E-state index in [4.69, 9.17) is 10.5 Å². The molecule has 3 aliphatic rings. The van der Waals surface area contributed by atoms with E-state index < -0.39 is 0 Å². The fraction of sp³-hybridized carbons (Fsp3) is 0.929. The van der Waals surface area contributed by atoms with Gasteiger partial charge in [-0.05, 0) is 50.4 Å². The van der Waals surface area contributed by atoms with Crippen LogP contribution < -0.4 is 11.1 Å². The number of nitrogens with one attached hydrogen (secondary N) is 1. The van der Waals surface area contributed by atoms with Crippen LogP contribution in [0.2, 0.25) is 0 Å². The van der Waals surface area contributed by atoms with Crippen LogP contribution in [0.15, 0.2) is 0 Å². The Kier molecular flexibility index (Phi) is 3.57. The molecule has 0 radical (unpaired) electrons. The summed E-state index contributed by atoms with van der Waals surface area (Å²) in [6.07, 6.45) is 6.64. The molecule has 0 aromatic carbocycles. The number of rotatable bonds is 2. The highest BCUT2D eigenvalue weighted by Gasteiger charge is 2.49. The first-order valence-corrected chi connectivity index (χ1v) is 7.39. The molecule has 3 rings (SSSR count). The molecule has 102 valence electrons. The molecule has 4 nitrogen and oxygen atoms in total. The van der Waals surface area contributed by atoms with Gasteiger partial charge in [0.2, 0.25) is 5.91 Å². The zero-order chi connectivity index (χ0) is 12.5. The molecule has 2 bridgehead atoms. The lowest BCUT2D eigenvalue weighted by atomic mass is 9.84. The topological polar surface area (TPSA) is 64.4 Å².